The van der Waals surface area contributed by atoms with Crippen LogP contribution < -0.4 is 4.74 Å². The molecule has 130 valence electrons. The Bertz CT molecular complexity index is 772. The Kier molecular flexibility index (Phi) is 4.00. The zero-order valence-electron chi connectivity index (χ0n) is 14.6. The number of carbonyl (C=O) groups excluding carboxylic acids is 1. The second-order valence-electron chi connectivity index (χ2n) is 7.15. The molecule has 2 heterocycles. The SMILES string of the molecule is CC1(C)O[C@@H]2COc3ccccc3[C@@H]2N1C(=O)CCc1ccccc1. The van der Waals surface area contributed by atoms with E-state index in [9.17, 15) is 4.79 Å². The van der Waals surface area contributed by atoms with Crippen molar-refractivity contribution in [3.05, 3.63) is 65.7 Å². The van der Waals surface area contributed by atoms with E-state index in [0.29, 0.717) is 13.0 Å². The van der Waals surface area contributed by atoms with E-state index in [1.165, 1.54) is 5.56 Å². The summed E-state index contributed by atoms with van der Waals surface area (Å²) >= 11 is 0. The molecule has 0 bridgehead atoms. The lowest BCUT2D eigenvalue weighted by molar-refractivity contribution is -0.147. The fourth-order valence-electron chi connectivity index (χ4n) is 3.96. The first kappa shape index (κ1) is 16.2. The lowest BCUT2D eigenvalue weighted by Gasteiger charge is -2.35. The molecule has 0 saturated carbocycles. The van der Waals surface area contributed by atoms with Gasteiger partial charge < -0.3 is 14.4 Å². The molecular weight excluding hydrogens is 314 g/mol. The zero-order valence-corrected chi connectivity index (χ0v) is 14.6. The Morgan fingerprint density at radius 1 is 1.12 bits per heavy atom. The number of hydrogen-bond donors (Lipinski definition) is 0. The van der Waals surface area contributed by atoms with E-state index in [1.54, 1.807) is 0 Å². The molecule has 0 aliphatic carbocycles. The Labute approximate surface area is 148 Å². The summed E-state index contributed by atoms with van der Waals surface area (Å²) in [6.07, 6.45) is 1.09. The maximum atomic E-state index is 13.1. The molecule has 25 heavy (non-hydrogen) atoms. The Balaban J connectivity index is 1.60. The van der Waals surface area contributed by atoms with Gasteiger partial charge in [0.2, 0.25) is 5.91 Å². The summed E-state index contributed by atoms with van der Waals surface area (Å²) in [5.41, 5.74) is 1.58. The standard InChI is InChI=1S/C21H23NO3/c1-21(2)22(19(23)13-12-15-8-4-3-5-9-15)20-16-10-6-7-11-17(16)24-14-18(20)25-21/h3-11,18,20H,12-14H2,1-2H3/t18-,20+/m1/s1. The Morgan fingerprint density at radius 3 is 2.64 bits per heavy atom. The Morgan fingerprint density at radius 2 is 1.84 bits per heavy atom. The van der Waals surface area contributed by atoms with Gasteiger partial charge >= 0.3 is 0 Å². The van der Waals surface area contributed by atoms with Crippen LogP contribution in [-0.4, -0.2) is 29.2 Å². The molecule has 1 fully saturated rings. The summed E-state index contributed by atoms with van der Waals surface area (Å²) < 4.78 is 12.0. The maximum Gasteiger partial charge on any atom is 0.225 e. The van der Waals surface area contributed by atoms with Crippen molar-refractivity contribution in [1.29, 1.82) is 0 Å². The van der Waals surface area contributed by atoms with Crippen LogP contribution in [0.25, 0.3) is 0 Å². The van der Waals surface area contributed by atoms with Gasteiger partial charge in [-0.3, -0.25) is 4.79 Å². The Hall–Kier alpha value is -2.33. The van der Waals surface area contributed by atoms with Crippen molar-refractivity contribution in [2.45, 2.75) is 44.6 Å². The summed E-state index contributed by atoms with van der Waals surface area (Å²) in [6.45, 7) is 4.41. The fourth-order valence-corrected chi connectivity index (χ4v) is 3.96. The number of para-hydroxylation sites is 1. The topological polar surface area (TPSA) is 38.8 Å². The van der Waals surface area contributed by atoms with E-state index in [2.05, 4.69) is 12.1 Å². The second kappa shape index (κ2) is 6.19. The van der Waals surface area contributed by atoms with Gasteiger partial charge in [0.1, 0.15) is 24.2 Å². The fraction of sp³-hybridized carbons (Fsp3) is 0.381. The summed E-state index contributed by atoms with van der Waals surface area (Å²) in [7, 11) is 0. The minimum absolute atomic E-state index is 0.0803. The van der Waals surface area contributed by atoms with E-state index >= 15 is 0 Å². The average Bonchev–Trinajstić information content (AvgIpc) is 2.91. The van der Waals surface area contributed by atoms with Crippen LogP contribution in [0.3, 0.4) is 0 Å². The summed E-state index contributed by atoms with van der Waals surface area (Å²) in [6, 6.07) is 18.0. The van der Waals surface area contributed by atoms with E-state index < -0.39 is 5.72 Å². The van der Waals surface area contributed by atoms with Gasteiger partial charge in [0.15, 0.2) is 0 Å². The van der Waals surface area contributed by atoms with Crippen LogP contribution in [-0.2, 0) is 16.0 Å². The molecule has 2 aliphatic rings. The normalized spacial score (nSPS) is 23.5. The van der Waals surface area contributed by atoms with Crippen molar-refractivity contribution in [3.8, 4) is 5.75 Å². The summed E-state index contributed by atoms with van der Waals surface area (Å²) in [4.78, 5) is 15.0. The highest BCUT2D eigenvalue weighted by Gasteiger charge is 2.52. The molecule has 0 radical (unpaired) electrons. The van der Waals surface area contributed by atoms with Crippen molar-refractivity contribution < 1.29 is 14.3 Å². The highest BCUT2D eigenvalue weighted by molar-refractivity contribution is 5.78. The highest BCUT2D eigenvalue weighted by Crippen LogP contribution is 2.47. The van der Waals surface area contributed by atoms with Crippen molar-refractivity contribution in [3.63, 3.8) is 0 Å². The average molecular weight is 337 g/mol. The molecule has 1 amide bonds. The first-order valence-corrected chi connectivity index (χ1v) is 8.82. The molecular formula is C21H23NO3. The molecule has 2 atom stereocenters. The van der Waals surface area contributed by atoms with Gasteiger partial charge in [-0.2, -0.15) is 0 Å². The van der Waals surface area contributed by atoms with Gasteiger partial charge in [-0.25, -0.2) is 0 Å². The van der Waals surface area contributed by atoms with Crippen molar-refractivity contribution in [2.75, 3.05) is 6.61 Å². The van der Waals surface area contributed by atoms with Crippen LogP contribution >= 0.6 is 0 Å². The van der Waals surface area contributed by atoms with Crippen LogP contribution in [0.5, 0.6) is 5.75 Å². The van der Waals surface area contributed by atoms with E-state index in [1.807, 2.05) is 61.2 Å². The van der Waals surface area contributed by atoms with E-state index in [0.717, 1.165) is 17.7 Å². The first-order valence-electron chi connectivity index (χ1n) is 8.82. The number of amides is 1. The molecule has 0 unspecified atom stereocenters. The molecule has 0 aromatic heterocycles. The summed E-state index contributed by atoms with van der Waals surface area (Å²) in [5.74, 6) is 0.976. The largest absolute Gasteiger partial charge is 0.490 e. The molecule has 1 saturated heterocycles. The third-order valence-corrected chi connectivity index (χ3v) is 5.03. The molecule has 4 nitrogen and oxygen atoms in total. The molecule has 4 heteroatoms. The predicted molar refractivity (Wildman–Crippen MR) is 95.2 cm³/mol. The lowest BCUT2D eigenvalue weighted by atomic mass is 9.96. The quantitative estimate of drug-likeness (QED) is 0.857. The molecule has 0 N–H and O–H groups in total. The number of benzene rings is 2. The predicted octanol–water partition coefficient (Wildman–Crippen LogP) is 3.72. The van der Waals surface area contributed by atoms with Crippen LogP contribution in [0.15, 0.2) is 54.6 Å². The second-order valence-corrected chi connectivity index (χ2v) is 7.15. The number of aryl methyl sites for hydroxylation is 1. The third-order valence-electron chi connectivity index (χ3n) is 5.03. The first-order chi connectivity index (χ1) is 12.1. The van der Waals surface area contributed by atoms with Crippen molar-refractivity contribution in [2.24, 2.45) is 0 Å². The highest BCUT2D eigenvalue weighted by atomic mass is 16.6. The number of ether oxygens (including phenoxy) is 2. The number of nitrogens with zero attached hydrogens (tertiary/aromatic N) is 1. The number of carbonyl (C=O) groups is 1. The van der Waals surface area contributed by atoms with Gasteiger partial charge in [0.25, 0.3) is 0 Å². The maximum absolute atomic E-state index is 13.1. The third kappa shape index (κ3) is 2.91. The zero-order chi connectivity index (χ0) is 17.4. The van der Waals surface area contributed by atoms with Crippen LogP contribution in [0.2, 0.25) is 0 Å². The molecule has 2 aromatic carbocycles. The van der Waals surface area contributed by atoms with E-state index in [-0.39, 0.29) is 18.1 Å². The smallest absolute Gasteiger partial charge is 0.225 e. The van der Waals surface area contributed by atoms with Crippen LogP contribution in [0, 0.1) is 0 Å². The lowest BCUT2D eigenvalue weighted by Crippen LogP contribution is -2.45. The minimum atomic E-state index is -0.635. The summed E-state index contributed by atoms with van der Waals surface area (Å²) in [5, 5.41) is 0. The van der Waals surface area contributed by atoms with Crippen LogP contribution in [0.4, 0.5) is 0 Å². The monoisotopic (exact) mass is 337 g/mol. The number of fused-ring (bicyclic) bond motifs is 3. The molecule has 2 aliphatic heterocycles. The van der Waals surface area contributed by atoms with Crippen LogP contribution in [0.1, 0.15) is 37.4 Å². The molecule has 0 spiro atoms. The van der Waals surface area contributed by atoms with Gasteiger partial charge in [-0.05, 0) is 31.9 Å². The minimum Gasteiger partial charge on any atom is -0.490 e. The number of rotatable bonds is 3. The number of hydrogen-bond acceptors (Lipinski definition) is 3. The van der Waals surface area contributed by atoms with Crippen molar-refractivity contribution in [1.82, 2.24) is 4.90 Å². The van der Waals surface area contributed by atoms with Gasteiger partial charge in [0.05, 0.1) is 6.04 Å². The van der Waals surface area contributed by atoms with Gasteiger partial charge in [-0.1, -0.05) is 48.5 Å². The molecule has 4 rings (SSSR count). The van der Waals surface area contributed by atoms with Gasteiger partial charge in [-0.15, -0.1) is 0 Å². The van der Waals surface area contributed by atoms with Crippen molar-refractivity contribution >= 4 is 5.91 Å². The van der Waals surface area contributed by atoms with Gasteiger partial charge in [0, 0.05) is 12.0 Å². The molecule has 2 aromatic rings. The van der Waals surface area contributed by atoms with E-state index in [4.69, 9.17) is 9.47 Å².